The molecule has 140 valence electrons. The number of ether oxygens (including phenoxy) is 2. The summed E-state index contributed by atoms with van der Waals surface area (Å²) in [6.45, 7) is -0.491. The van der Waals surface area contributed by atoms with Crippen molar-refractivity contribution in [2.45, 2.75) is 0 Å². The van der Waals surface area contributed by atoms with Gasteiger partial charge in [-0.25, -0.2) is 4.79 Å². The second kappa shape index (κ2) is 8.35. The summed E-state index contributed by atoms with van der Waals surface area (Å²) < 4.78 is 11.0. The fraction of sp³-hybridized carbons (Fsp3) is 0.111. The van der Waals surface area contributed by atoms with Crippen LogP contribution in [0.25, 0.3) is 10.1 Å². The fourth-order valence-electron chi connectivity index (χ4n) is 2.29. The Balaban J connectivity index is 1.68. The number of nitrogens with one attached hydrogen (secondary N) is 1. The Morgan fingerprint density at radius 1 is 1.11 bits per heavy atom. The maximum absolute atomic E-state index is 12.3. The van der Waals surface area contributed by atoms with Gasteiger partial charge in [-0.05, 0) is 30.3 Å². The summed E-state index contributed by atoms with van der Waals surface area (Å²) in [5.74, 6) is -0.586. The van der Waals surface area contributed by atoms with Gasteiger partial charge < -0.3 is 14.8 Å². The van der Waals surface area contributed by atoms with Gasteiger partial charge in [0.05, 0.1) is 27.9 Å². The minimum Gasteiger partial charge on any atom is -0.497 e. The van der Waals surface area contributed by atoms with Crippen molar-refractivity contribution in [2.24, 2.45) is 0 Å². The molecule has 3 rings (SSSR count). The van der Waals surface area contributed by atoms with Crippen molar-refractivity contribution in [3.05, 3.63) is 56.3 Å². The summed E-state index contributed by atoms with van der Waals surface area (Å²) in [4.78, 5) is 24.5. The summed E-state index contributed by atoms with van der Waals surface area (Å²) >= 11 is 19.3. The summed E-state index contributed by atoms with van der Waals surface area (Å²) in [5.41, 5.74) is 0.331. The van der Waals surface area contributed by atoms with E-state index in [1.807, 2.05) is 0 Å². The lowest BCUT2D eigenvalue weighted by atomic mass is 10.2. The molecule has 0 radical (unpaired) electrons. The number of carbonyl (C=O) groups excluding carboxylic acids is 2. The second-order valence-electron chi connectivity index (χ2n) is 5.33. The number of hydrogen-bond acceptors (Lipinski definition) is 5. The third-order valence-corrected chi connectivity index (χ3v) is 6.04. The Labute approximate surface area is 173 Å². The molecule has 2 aromatic carbocycles. The highest BCUT2D eigenvalue weighted by atomic mass is 35.5. The first-order valence-corrected chi connectivity index (χ1v) is 9.52. The number of methoxy groups -OCH3 is 1. The molecule has 9 heteroatoms. The van der Waals surface area contributed by atoms with Gasteiger partial charge in [-0.2, -0.15) is 0 Å². The summed E-state index contributed by atoms with van der Waals surface area (Å²) in [6, 6.07) is 10.1. The van der Waals surface area contributed by atoms with Crippen molar-refractivity contribution in [1.29, 1.82) is 0 Å². The quantitative estimate of drug-likeness (QED) is 0.515. The van der Waals surface area contributed by atoms with Gasteiger partial charge in [0, 0.05) is 10.1 Å². The first kappa shape index (κ1) is 19.8. The third kappa shape index (κ3) is 4.30. The molecule has 1 amide bonds. The first-order valence-electron chi connectivity index (χ1n) is 7.57. The van der Waals surface area contributed by atoms with E-state index in [1.54, 1.807) is 43.5 Å². The van der Waals surface area contributed by atoms with Crippen molar-refractivity contribution in [3.8, 4) is 5.75 Å². The minimum atomic E-state index is -0.687. The topological polar surface area (TPSA) is 64.6 Å². The fourth-order valence-corrected chi connectivity index (χ4v) is 4.07. The van der Waals surface area contributed by atoms with Gasteiger partial charge >= 0.3 is 5.97 Å². The van der Waals surface area contributed by atoms with Crippen LogP contribution in [0.1, 0.15) is 9.67 Å². The third-order valence-electron chi connectivity index (χ3n) is 3.58. The zero-order valence-electron chi connectivity index (χ0n) is 13.8. The van der Waals surface area contributed by atoms with E-state index in [0.717, 1.165) is 16.0 Å². The molecule has 0 aliphatic rings. The zero-order chi connectivity index (χ0) is 19.6. The molecule has 1 aromatic heterocycles. The molecule has 3 aromatic rings. The molecule has 0 atom stereocenters. The molecule has 0 aliphatic carbocycles. The highest BCUT2D eigenvalue weighted by Crippen LogP contribution is 2.37. The van der Waals surface area contributed by atoms with Crippen LogP contribution in [0.15, 0.2) is 36.4 Å². The maximum atomic E-state index is 12.3. The van der Waals surface area contributed by atoms with Crippen LogP contribution >= 0.6 is 46.1 Å². The van der Waals surface area contributed by atoms with Crippen molar-refractivity contribution >= 4 is 73.8 Å². The van der Waals surface area contributed by atoms with E-state index in [1.165, 1.54) is 0 Å². The lowest BCUT2D eigenvalue weighted by molar-refractivity contribution is -0.119. The standard InChI is InChI=1S/C18H12Cl3NO4S/c1-25-9-5-6-10-13(7-9)27-17(15(10)20)18(24)26-8-14(23)22-12-4-2-3-11(19)16(12)21/h2-7H,8H2,1H3,(H,22,23). The van der Waals surface area contributed by atoms with E-state index in [4.69, 9.17) is 44.3 Å². The van der Waals surface area contributed by atoms with Gasteiger partial charge in [-0.3, -0.25) is 4.79 Å². The molecule has 0 saturated carbocycles. The molecule has 5 nitrogen and oxygen atoms in total. The molecule has 0 unspecified atom stereocenters. The molecule has 0 bridgehead atoms. The second-order valence-corrected chi connectivity index (χ2v) is 7.55. The average molecular weight is 445 g/mol. The Morgan fingerprint density at radius 2 is 1.89 bits per heavy atom. The van der Waals surface area contributed by atoms with Gasteiger partial charge in [0.15, 0.2) is 6.61 Å². The summed E-state index contributed by atoms with van der Waals surface area (Å²) in [6.07, 6.45) is 0. The smallest absolute Gasteiger partial charge is 0.350 e. The molecule has 0 fully saturated rings. The van der Waals surface area contributed by atoms with Crippen LogP contribution in [0.5, 0.6) is 5.75 Å². The number of anilines is 1. The van der Waals surface area contributed by atoms with E-state index in [2.05, 4.69) is 5.32 Å². The number of carbonyl (C=O) groups is 2. The molecule has 1 N–H and O–H groups in total. The molecule has 0 aliphatic heterocycles. The summed E-state index contributed by atoms with van der Waals surface area (Å²) in [7, 11) is 1.55. The van der Waals surface area contributed by atoms with Crippen LogP contribution in [0, 0.1) is 0 Å². The lowest BCUT2D eigenvalue weighted by Crippen LogP contribution is -2.20. The first-order chi connectivity index (χ1) is 12.9. The zero-order valence-corrected chi connectivity index (χ0v) is 16.9. The Hall–Kier alpha value is -1.99. The van der Waals surface area contributed by atoms with E-state index in [0.29, 0.717) is 21.8 Å². The number of esters is 1. The van der Waals surface area contributed by atoms with Crippen LogP contribution in [0.4, 0.5) is 5.69 Å². The number of halogens is 3. The van der Waals surface area contributed by atoms with Crippen LogP contribution in [-0.4, -0.2) is 25.6 Å². The van der Waals surface area contributed by atoms with Crippen molar-refractivity contribution in [1.82, 2.24) is 0 Å². The minimum absolute atomic E-state index is 0.209. The van der Waals surface area contributed by atoms with Crippen molar-refractivity contribution in [2.75, 3.05) is 19.0 Å². The number of thiophene rings is 1. The maximum Gasteiger partial charge on any atom is 0.350 e. The average Bonchev–Trinajstić information content (AvgIpc) is 2.99. The van der Waals surface area contributed by atoms with E-state index < -0.39 is 18.5 Å². The molecular formula is C18H12Cl3NO4S. The van der Waals surface area contributed by atoms with Gasteiger partial charge in [-0.15, -0.1) is 11.3 Å². The highest BCUT2D eigenvalue weighted by Gasteiger charge is 2.20. The Kier molecular flexibility index (Phi) is 6.11. The van der Waals surface area contributed by atoms with E-state index >= 15 is 0 Å². The number of benzene rings is 2. The van der Waals surface area contributed by atoms with E-state index in [9.17, 15) is 9.59 Å². The molecule has 1 heterocycles. The molecule has 0 saturated heterocycles. The Bertz CT molecular complexity index is 1030. The monoisotopic (exact) mass is 443 g/mol. The van der Waals surface area contributed by atoms with Gasteiger partial charge in [0.1, 0.15) is 10.6 Å². The predicted octanol–water partition coefficient (Wildman–Crippen LogP) is 5.67. The highest BCUT2D eigenvalue weighted by molar-refractivity contribution is 7.21. The van der Waals surface area contributed by atoms with Crippen LogP contribution in [-0.2, 0) is 9.53 Å². The van der Waals surface area contributed by atoms with Gasteiger partial charge in [-0.1, -0.05) is 40.9 Å². The Morgan fingerprint density at radius 3 is 2.63 bits per heavy atom. The number of rotatable bonds is 5. The predicted molar refractivity (Wildman–Crippen MR) is 109 cm³/mol. The van der Waals surface area contributed by atoms with Crippen molar-refractivity contribution < 1.29 is 19.1 Å². The van der Waals surface area contributed by atoms with Gasteiger partial charge in [0.25, 0.3) is 5.91 Å². The van der Waals surface area contributed by atoms with E-state index in [-0.39, 0.29) is 14.9 Å². The van der Waals surface area contributed by atoms with Gasteiger partial charge in [0.2, 0.25) is 0 Å². The number of amides is 1. The number of fused-ring (bicyclic) bond motifs is 1. The molecular weight excluding hydrogens is 433 g/mol. The van der Waals surface area contributed by atoms with Crippen LogP contribution in [0.2, 0.25) is 15.1 Å². The lowest BCUT2D eigenvalue weighted by Gasteiger charge is -2.08. The largest absolute Gasteiger partial charge is 0.497 e. The normalized spacial score (nSPS) is 10.7. The SMILES string of the molecule is COc1ccc2c(Cl)c(C(=O)OCC(=O)Nc3cccc(Cl)c3Cl)sc2c1. The van der Waals surface area contributed by atoms with Crippen molar-refractivity contribution in [3.63, 3.8) is 0 Å². The van der Waals surface area contributed by atoms with Crippen LogP contribution < -0.4 is 10.1 Å². The molecule has 0 spiro atoms. The number of hydrogen-bond donors (Lipinski definition) is 1. The molecule has 27 heavy (non-hydrogen) atoms. The summed E-state index contributed by atoms with van der Waals surface area (Å²) in [5, 5.41) is 4.04. The van der Waals surface area contributed by atoms with Crippen LogP contribution in [0.3, 0.4) is 0 Å².